The highest BCUT2D eigenvalue weighted by atomic mass is 35.5. The standard InChI is InChI=1S/C27H34N6O4S.C21H28BNO4.C13H19ClN4O2S.C2H4Cl2/c1-18-17-37-12-11-33(18)25-15-24(32-38(4,34)22-9-10-22)30-27(31-25)20-13-23(29-26(14-20)36-3)28-16-19-5-7-21(35-2)8-6-19;1-20(2)21(3,4)27-22(26-20)16-13-17(23-19(14-16)25-6)10-7-15-8-11-18(24-5)12-9-15;1-9-8-20-6-5-18(9)12-7-11(15-13(14)16-12)17-21(2,19)10-3-4-10;1-2(3)4/h5-8,13-15,18,22H,9-12,16-17H2,1-4H3,(H,28,29);8-9,11-14H,7,10H2,1-6H3;7,9-10H,3-6,8H2,1-2H3;2H,1H3/t18-,38?;;9-,21?;/m1.1./s1. The van der Waals surface area contributed by atoms with Gasteiger partial charge in [0.1, 0.15) is 33.8 Å². The van der Waals surface area contributed by atoms with Crippen molar-refractivity contribution in [3.8, 4) is 34.6 Å². The van der Waals surface area contributed by atoms with Gasteiger partial charge in [0, 0.05) is 78.2 Å². The van der Waals surface area contributed by atoms with Crippen LogP contribution < -0.4 is 39.5 Å². The number of morpholine rings is 2. The normalized spacial score (nSPS) is 19.7. The first-order chi connectivity index (χ1) is 42.8. The Morgan fingerprint density at radius 1 is 0.644 bits per heavy atom. The van der Waals surface area contributed by atoms with E-state index in [2.05, 4.69) is 97.5 Å². The third-order valence-electron chi connectivity index (χ3n) is 15.9. The fraction of sp³-hybridized carbons (Fsp3) is 0.524. The van der Waals surface area contributed by atoms with E-state index in [1.807, 2.05) is 60.7 Å². The minimum Gasteiger partial charge on any atom is -0.497 e. The van der Waals surface area contributed by atoms with Crippen LogP contribution in [0.15, 0.2) is 93.7 Å². The first kappa shape index (κ1) is 70.1. The molecule has 21 nitrogen and oxygen atoms in total. The molecule has 2 saturated carbocycles. The molecule has 0 radical (unpaired) electrons. The second-order valence-corrected chi connectivity index (χ2v) is 30.7. The van der Waals surface area contributed by atoms with Crippen LogP contribution in [0.5, 0.6) is 23.3 Å². The smallest absolute Gasteiger partial charge is 0.495 e. The van der Waals surface area contributed by atoms with Gasteiger partial charge in [-0.15, -0.1) is 23.2 Å². The molecule has 3 aliphatic heterocycles. The van der Waals surface area contributed by atoms with Crippen molar-refractivity contribution in [1.82, 2.24) is 29.9 Å². The number of rotatable bonds is 18. The van der Waals surface area contributed by atoms with E-state index in [-0.39, 0.29) is 43.9 Å². The Morgan fingerprint density at radius 2 is 1.13 bits per heavy atom. The number of hydrogen-bond donors (Lipinski definition) is 1. The SMILES string of the molecule is CC(Cl)Cl.COc1ccc(CCc2cc(B3OC(C)(C)C(C)(C)O3)cc(OC)n2)cc1.COc1ccc(CNc2cc(-c3nc(N=S(C)(=O)C4CC4)cc(N4CCOC[C@H]4C)n3)cc(OC)n2)cc1.C[C@@H]1COCCN1c1cc(N=S(C)(=O)C2CC2)nc(Cl)n1. The largest absolute Gasteiger partial charge is 0.497 e. The van der Waals surface area contributed by atoms with Crippen molar-refractivity contribution in [2.75, 3.05) is 95.6 Å². The van der Waals surface area contributed by atoms with Crippen molar-refractivity contribution in [2.24, 2.45) is 8.73 Å². The van der Waals surface area contributed by atoms with E-state index in [0.717, 1.165) is 90.5 Å². The lowest BCUT2D eigenvalue weighted by atomic mass is 9.79. The molecule has 3 saturated heterocycles. The fourth-order valence-electron chi connectivity index (χ4n) is 9.76. The Kier molecular flexibility index (Phi) is 24.3. The lowest BCUT2D eigenvalue weighted by molar-refractivity contribution is 0.00578. The van der Waals surface area contributed by atoms with E-state index in [0.29, 0.717) is 74.6 Å². The Morgan fingerprint density at radius 3 is 1.62 bits per heavy atom. The highest BCUT2D eigenvalue weighted by Gasteiger charge is 2.52. The van der Waals surface area contributed by atoms with Gasteiger partial charge in [0.2, 0.25) is 17.0 Å². The van der Waals surface area contributed by atoms with Crippen LogP contribution in [0, 0.1) is 0 Å². The number of alkyl halides is 2. The van der Waals surface area contributed by atoms with Crippen molar-refractivity contribution in [3.05, 3.63) is 107 Å². The summed E-state index contributed by atoms with van der Waals surface area (Å²) in [5.41, 5.74) is 4.17. The summed E-state index contributed by atoms with van der Waals surface area (Å²) in [6, 6.07) is 27.5. The molecular weight excluding hydrogens is 1250 g/mol. The number of pyridine rings is 2. The average Bonchev–Trinajstić information content (AvgIpc) is 1.75. The number of nitrogens with zero attached hydrogens (tertiary/aromatic N) is 10. The molecule has 27 heteroatoms. The Hall–Kier alpha value is -5.83. The molecule has 2 aliphatic carbocycles. The maximum atomic E-state index is 13.2. The summed E-state index contributed by atoms with van der Waals surface area (Å²) in [5, 5.41) is 3.81. The van der Waals surface area contributed by atoms with Crippen LogP contribution in [0.4, 0.5) is 29.1 Å². The van der Waals surface area contributed by atoms with Crippen molar-refractivity contribution in [3.63, 3.8) is 0 Å². The quantitative estimate of drug-likeness (QED) is 0.0479. The predicted octanol–water partition coefficient (Wildman–Crippen LogP) is 11.5. The zero-order valence-electron chi connectivity index (χ0n) is 53.7. The second-order valence-electron chi connectivity index (χ2n) is 23.7. The highest BCUT2D eigenvalue weighted by Crippen LogP contribution is 2.38. The number of nitrogens with one attached hydrogen (secondary N) is 1. The number of hydrogen-bond acceptors (Lipinski definition) is 21. The number of methoxy groups -OCH3 is 4. The molecule has 1 N–H and O–H groups in total. The van der Waals surface area contributed by atoms with Crippen LogP contribution in [0.1, 0.15) is 91.0 Å². The first-order valence-corrected chi connectivity index (χ1v) is 35.3. The Bertz CT molecular complexity index is 3610. The van der Waals surface area contributed by atoms with E-state index < -0.39 is 26.6 Å². The number of halogens is 3. The van der Waals surface area contributed by atoms with E-state index in [1.165, 1.54) is 5.56 Å². The minimum absolute atomic E-state index is 0.126. The highest BCUT2D eigenvalue weighted by molar-refractivity contribution is 7.94. The molecule has 2 unspecified atom stereocenters. The second kappa shape index (κ2) is 31.2. The summed E-state index contributed by atoms with van der Waals surface area (Å²) < 4.78 is 79.4. The van der Waals surface area contributed by atoms with E-state index in [9.17, 15) is 8.42 Å². The fourth-order valence-corrected chi connectivity index (χ4v) is 13.2. The lowest BCUT2D eigenvalue weighted by Gasteiger charge is -2.34. The number of aryl methyl sites for hydroxylation is 2. The van der Waals surface area contributed by atoms with Gasteiger partial charge in [-0.3, -0.25) is 0 Å². The summed E-state index contributed by atoms with van der Waals surface area (Å²) >= 11 is 16.1. The van der Waals surface area contributed by atoms with Gasteiger partial charge >= 0.3 is 7.12 Å². The molecule has 0 amide bonds. The average molecular weight is 1340 g/mol. The number of benzene rings is 2. The zero-order chi connectivity index (χ0) is 65.0. The van der Waals surface area contributed by atoms with Crippen molar-refractivity contribution >= 4 is 95.9 Å². The molecule has 0 spiro atoms. The Labute approximate surface area is 546 Å². The molecule has 488 valence electrons. The van der Waals surface area contributed by atoms with E-state index in [1.54, 1.807) is 60.0 Å². The van der Waals surface area contributed by atoms with Crippen molar-refractivity contribution < 1.29 is 46.1 Å². The molecule has 11 rings (SSSR count). The molecule has 4 aromatic heterocycles. The molecule has 6 aromatic rings. The molecule has 7 heterocycles. The number of ether oxygens (including phenoxy) is 6. The van der Waals surface area contributed by atoms with Crippen LogP contribution in [-0.2, 0) is 57.6 Å². The van der Waals surface area contributed by atoms with Gasteiger partial charge in [-0.2, -0.15) is 18.7 Å². The topological polar surface area (TPSA) is 229 Å². The van der Waals surface area contributed by atoms with Gasteiger partial charge in [0.05, 0.1) is 97.6 Å². The van der Waals surface area contributed by atoms with Gasteiger partial charge in [-0.1, -0.05) is 24.3 Å². The van der Waals surface area contributed by atoms with E-state index in [4.69, 9.17) is 82.5 Å². The number of aromatic nitrogens is 6. The summed E-state index contributed by atoms with van der Waals surface area (Å²) in [4.78, 5) is 31.2. The van der Waals surface area contributed by atoms with Gasteiger partial charge < -0.3 is 52.8 Å². The van der Waals surface area contributed by atoms with Gasteiger partial charge in [0.15, 0.2) is 17.5 Å². The molecule has 2 aromatic carbocycles. The molecule has 0 bridgehead atoms. The lowest BCUT2D eigenvalue weighted by Crippen LogP contribution is -2.44. The first-order valence-electron chi connectivity index (χ1n) is 30.1. The van der Waals surface area contributed by atoms with E-state index >= 15 is 0 Å². The third kappa shape index (κ3) is 19.8. The summed E-state index contributed by atoms with van der Waals surface area (Å²) in [6.07, 6.45) is 8.93. The van der Waals surface area contributed by atoms with Crippen LogP contribution in [-0.4, -0.2) is 165 Å². The van der Waals surface area contributed by atoms with Crippen LogP contribution in [0.2, 0.25) is 5.28 Å². The van der Waals surface area contributed by atoms with Crippen molar-refractivity contribution in [2.45, 2.75) is 132 Å². The minimum atomic E-state index is -2.38. The van der Waals surface area contributed by atoms with Crippen LogP contribution in [0.25, 0.3) is 11.4 Å². The summed E-state index contributed by atoms with van der Waals surface area (Å²) in [7, 11) is 1.49. The molecule has 5 aliphatic rings. The predicted molar refractivity (Wildman–Crippen MR) is 361 cm³/mol. The summed E-state index contributed by atoms with van der Waals surface area (Å²) in [6.45, 7) is 18.6. The molecule has 4 atom stereocenters. The zero-order valence-corrected chi connectivity index (χ0v) is 57.6. The van der Waals surface area contributed by atoms with Crippen molar-refractivity contribution in [1.29, 1.82) is 0 Å². The monoisotopic (exact) mass is 1340 g/mol. The maximum Gasteiger partial charge on any atom is 0.495 e. The van der Waals surface area contributed by atoms with Gasteiger partial charge in [0.25, 0.3) is 0 Å². The molecule has 90 heavy (non-hydrogen) atoms. The maximum absolute atomic E-state index is 13.2. The van der Waals surface area contributed by atoms with Gasteiger partial charge in [-0.25, -0.2) is 28.4 Å². The molecule has 5 fully saturated rings. The molecular formula is C63H85BCl3N11O10S2. The number of anilines is 3. The summed E-state index contributed by atoms with van der Waals surface area (Å²) in [5.74, 6) is 6.06. The third-order valence-corrected chi connectivity index (χ3v) is 20.6. The van der Waals surface area contributed by atoms with Crippen LogP contribution >= 0.6 is 34.8 Å². The van der Waals surface area contributed by atoms with Crippen LogP contribution in [0.3, 0.4) is 0 Å². The van der Waals surface area contributed by atoms with Gasteiger partial charge in [-0.05, 0) is 152 Å². The Balaban J connectivity index is 0.000000176.